The maximum atomic E-state index is 11.6. The minimum atomic E-state index is -2.66. The summed E-state index contributed by atoms with van der Waals surface area (Å²) >= 11 is 0. The van der Waals surface area contributed by atoms with Crippen LogP contribution in [0.15, 0.2) is 30.3 Å². The normalized spacial score (nSPS) is 14.2. The Balaban J connectivity index is 3.23. The summed E-state index contributed by atoms with van der Waals surface area (Å²) in [6, 6.07) is 10.4. The molecule has 1 N–H and O–H groups in total. The van der Waals surface area contributed by atoms with E-state index in [-0.39, 0.29) is 0 Å². The molecule has 0 aliphatic carbocycles. The number of hydrogen-bond acceptors (Lipinski definition) is 1. The Labute approximate surface area is 106 Å². The van der Waals surface area contributed by atoms with Gasteiger partial charge in [-0.05, 0) is 0 Å². The Kier molecular flexibility index (Phi) is 5.16. The molecule has 0 spiro atoms. The second kappa shape index (κ2) is 5.98. The van der Waals surface area contributed by atoms with E-state index in [9.17, 15) is 4.89 Å². The fraction of sp³-hybridized carbons (Fsp3) is 0.600. The van der Waals surface area contributed by atoms with Gasteiger partial charge in [0.25, 0.3) is 0 Å². The van der Waals surface area contributed by atoms with Crippen molar-refractivity contribution in [1.82, 2.24) is 0 Å². The molecule has 0 unspecified atom stereocenters. The fourth-order valence-corrected chi connectivity index (χ4v) is 8.67. The van der Waals surface area contributed by atoms with Crippen LogP contribution in [0.4, 0.5) is 0 Å². The van der Waals surface area contributed by atoms with Crippen LogP contribution in [0.1, 0.15) is 40.0 Å². The van der Waals surface area contributed by atoms with Gasteiger partial charge in [-0.3, -0.25) is 0 Å². The van der Waals surface area contributed by atoms with Crippen LogP contribution < -0.4 is 5.30 Å². The number of benzene rings is 1. The van der Waals surface area contributed by atoms with Crippen molar-refractivity contribution in [1.29, 1.82) is 0 Å². The van der Waals surface area contributed by atoms with Crippen molar-refractivity contribution in [2.75, 3.05) is 18.5 Å². The van der Waals surface area contributed by atoms with Crippen LogP contribution in [0.2, 0.25) is 0 Å². The van der Waals surface area contributed by atoms with E-state index in [1.165, 1.54) is 5.30 Å². The van der Waals surface area contributed by atoms with Crippen LogP contribution in [-0.4, -0.2) is 23.4 Å². The molecule has 0 aliphatic rings. The first-order valence-electron chi connectivity index (χ1n) is 6.90. The summed E-state index contributed by atoms with van der Waals surface area (Å²) in [5.41, 5.74) is 0. The third kappa shape index (κ3) is 3.09. The third-order valence-corrected chi connectivity index (χ3v) is 9.81. The molecule has 1 nitrogen and oxygen atoms in total. The van der Waals surface area contributed by atoms with E-state index in [1.807, 2.05) is 6.07 Å². The van der Waals surface area contributed by atoms with Gasteiger partial charge < -0.3 is 0 Å². The summed E-state index contributed by atoms with van der Waals surface area (Å²) < 4.78 is 0. The molecule has 17 heavy (non-hydrogen) atoms. The van der Waals surface area contributed by atoms with Crippen LogP contribution in [0.25, 0.3) is 0 Å². The molecule has 2 heteroatoms. The quantitative estimate of drug-likeness (QED) is 0.729. The van der Waals surface area contributed by atoms with Gasteiger partial charge >= 0.3 is 106 Å². The molecule has 0 aliphatic heterocycles. The Bertz CT molecular complexity index is 314. The molecule has 0 amide bonds. The van der Waals surface area contributed by atoms with Crippen molar-refractivity contribution >= 4 is 12.1 Å². The van der Waals surface area contributed by atoms with Crippen molar-refractivity contribution in [3.05, 3.63) is 30.3 Å². The van der Waals surface area contributed by atoms with Crippen molar-refractivity contribution in [2.45, 2.75) is 40.0 Å². The fourth-order valence-electron chi connectivity index (χ4n) is 3.12. The van der Waals surface area contributed by atoms with E-state index in [0.29, 0.717) is 0 Å². The molecule has 0 saturated carbocycles. The monoisotopic (exact) mass is 254 g/mol. The zero-order valence-electron chi connectivity index (χ0n) is 11.5. The van der Waals surface area contributed by atoms with Gasteiger partial charge in [0, 0.05) is 0 Å². The summed E-state index contributed by atoms with van der Waals surface area (Å²) in [5, 5.41) is 1.23. The van der Waals surface area contributed by atoms with Gasteiger partial charge in [-0.1, -0.05) is 0 Å². The first-order chi connectivity index (χ1) is 8.09. The van der Waals surface area contributed by atoms with Gasteiger partial charge in [0.2, 0.25) is 0 Å². The van der Waals surface area contributed by atoms with E-state index in [2.05, 4.69) is 45.0 Å². The van der Waals surface area contributed by atoms with Crippen molar-refractivity contribution in [3.63, 3.8) is 0 Å². The Hall–Kier alpha value is -0.390. The van der Waals surface area contributed by atoms with E-state index in [0.717, 1.165) is 37.7 Å². The predicted molar refractivity (Wildman–Crippen MR) is 80.7 cm³/mol. The van der Waals surface area contributed by atoms with Gasteiger partial charge in [-0.25, -0.2) is 0 Å². The molecule has 1 aromatic rings. The molecule has 0 atom stereocenters. The molecule has 0 aromatic heterocycles. The van der Waals surface area contributed by atoms with Crippen molar-refractivity contribution in [2.24, 2.45) is 0 Å². The summed E-state index contributed by atoms with van der Waals surface area (Å²) in [4.78, 5) is 11.6. The molecular formula is C15H27OP. The van der Waals surface area contributed by atoms with Crippen LogP contribution in [0.3, 0.4) is 0 Å². The molecule has 0 saturated heterocycles. The molecule has 0 bridgehead atoms. The average molecular weight is 254 g/mol. The van der Waals surface area contributed by atoms with Gasteiger partial charge in [-0.2, -0.15) is 0 Å². The van der Waals surface area contributed by atoms with E-state index in [4.69, 9.17) is 0 Å². The molecule has 1 aromatic carbocycles. The van der Waals surface area contributed by atoms with Crippen LogP contribution in [-0.2, 0) is 0 Å². The second-order valence-electron chi connectivity index (χ2n) is 5.18. The topological polar surface area (TPSA) is 20.2 Å². The van der Waals surface area contributed by atoms with Crippen LogP contribution >= 0.6 is 6.83 Å². The molecule has 0 fully saturated rings. The van der Waals surface area contributed by atoms with Crippen LogP contribution in [0, 0.1) is 0 Å². The first kappa shape index (κ1) is 14.7. The zero-order chi connectivity index (χ0) is 12.8. The molecule has 1 rings (SSSR count). The Morgan fingerprint density at radius 2 is 1.24 bits per heavy atom. The Morgan fingerprint density at radius 1 is 0.824 bits per heavy atom. The summed E-state index contributed by atoms with van der Waals surface area (Å²) in [5.74, 6) is 0. The molecule has 0 radical (unpaired) electrons. The van der Waals surface area contributed by atoms with Crippen molar-refractivity contribution in [3.8, 4) is 0 Å². The zero-order valence-corrected chi connectivity index (χ0v) is 12.4. The number of hydrogen-bond donors (Lipinski definition) is 1. The first-order valence-corrected chi connectivity index (χ1v) is 9.65. The third-order valence-electron chi connectivity index (χ3n) is 3.67. The summed E-state index contributed by atoms with van der Waals surface area (Å²) in [6.07, 6.45) is 6.17. The van der Waals surface area contributed by atoms with E-state index < -0.39 is 6.83 Å². The van der Waals surface area contributed by atoms with Gasteiger partial charge in [-0.15, -0.1) is 0 Å². The Morgan fingerprint density at radius 3 is 1.59 bits per heavy atom. The van der Waals surface area contributed by atoms with E-state index >= 15 is 0 Å². The van der Waals surface area contributed by atoms with Gasteiger partial charge in [0.1, 0.15) is 0 Å². The van der Waals surface area contributed by atoms with Crippen molar-refractivity contribution < 1.29 is 4.89 Å². The van der Waals surface area contributed by atoms with Crippen LogP contribution in [0.5, 0.6) is 0 Å². The molecule has 98 valence electrons. The van der Waals surface area contributed by atoms with E-state index in [1.54, 1.807) is 0 Å². The molecular weight excluding hydrogens is 227 g/mol. The number of rotatable bonds is 7. The molecule has 0 heterocycles. The minimum absolute atomic E-state index is 0.983. The van der Waals surface area contributed by atoms with Gasteiger partial charge in [0.05, 0.1) is 0 Å². The summed E-state index contributed by atoms with van der Waals surface area (Å²) in [6.45, 7) is 3.90. The predicted octanol–water partition coefficient (Wildman–Crippen LogP) is 4.00. The SMILES string of the molecule is CCCP(O)(CCC)(CCC)c1ccccc1. The maximum absolute atomic E-state index is 11.6. The second-order valence-corrected chi connectivity index (χ2v) is 10.4. The average Bonchev–Trinajstić information content (AvgIpc) is 2.31. The van der Waals surface area contributed by atoms with Gasteiger partial charge in [0.15, 0.2) is 0 Å². The standard InChI is InChI=1S/C15H27OP/c1-4-12-17(16,13-5-2,14-6-3)15-10-8-7-9-11-15/h7-11,16H,4-6,12-14H2,1-3H3. The summed E-state index contributed by atoms with van der Waals surface area (Å²) in [7, 11) is 0.